The second kappa shape index (κ2) is 5.94. The summed E-state index contributed by atoms with van der Waals surface area (Å²) in [7, 11) is -1.49. The first-order chi connectivity index (χ1) is 7.63. The molecule has 16 heavy (non-hydrogen) atoms. The summed E-state index contributed by atoms with van der Waals surface area (Å²) < 4.78 is 4.82. The molecule has 6 heteroatoms. The Hall–Kier alpha value is -1.79. The van der Waals surface area contributed by atoms with Gasteiger partial charge in [0, 0.05) is 0 Å². The first-order valence-corrected chi connectivity index (χ1v) is 4.62. The summed E-state index contributed by atoms with van der Waals surface area (Å²) in [5.74, 6) is 0. The Bertz CT molecular complexity index is 364. The van der Waals surface area contributed by atoms with Crippen LogP contribution in [0.15, 0.2) is 37.0 Å². The number of hydrogen-bond donors (Lipinski definition) is 3. The maximum atomic E-state index is 10.9. The van der Waals surface area contributed by atoms with Crippen LogP contribution < -0.4 is 10.8 Å². The van der Waals surface area contributed by atoms with Crippen LogP contribution in [0.5, 0.6) is 0 Å². The number of carbonyl (C=O) groups excluding carboxylic acids is 1. The highest BCUT2D eigenvalue weighted by Crippen LogP contribution is 2.00. The molecule has 5 nitrogen and oxygen atoms in total. The zero-order chi connectivity index (χ0) is 12.0. The molecule has 1 rings (SSSR count). The van der Waals surface area contributed by atoms with E-state index < -0.39 is 13.2 Å². The molecule has 0 saturated heterocycles. The fourth-order valence-electron chi connectivity index (χ4n) is 1.06. The van der Waals surface area contributed by atoms with E-state index in [4.69, 9.17) is 14.8 Å². The van der Waals surface area contributed by atoms with Crippen LogP contribution in [0.3, 0.4) is 0 Å². The van der Waals surface area contributed by atoms with E-state index >= 15 is 0 Å². The molecule has 0 aliphatic carbocycles. The Labute approximate surface area is 93.5 Å². The van der Waals surface area contributed by atoms with Gasteiger partial charge in [-0.3, -0.25) is 5.32 Å². The fraction of sp³-hybridized carbons (Fsp3) is 0.100. The second-order valence-electron chi connectivity index (χ2n) is 3.04. The second-order valence-corrected chi connectivity index (χ2v) is 3.04. The topological polar surface area (TPSA) is 78.8 Å². The van der Waals surface area contributed by atoms with Crippen molar-refractivity contribution in [3.8, 4) is 0 Å². The maximum Gasteiger partial charge on any atom is 0.488 e. The number of amides is 1. The summed E-state index contributed by atoms with van der Waals surface area (Å²) >= 11 is 0. The van der Waals surface area contributed by atoms with Crippen LogP contribution in [0.25, 0.3) is 0 Å². The van der Waals surface area contributed by atoms with Gasteiger partial charge in [-0.2, -0.15) is 0 Å². The van der Waals surface area contributed by atoms with E-state index in [0.29, 0.717) is 5.46 Å². The normalized spacial score (nSPS) is 9.38. The lowest BCUT2D eigenvalue weighted by Gasteiger charge is -2.05. The van der Waals surface area contributed by atoms with Gasteiger partial charge in [0.1, 0.15) is 6.61 Å². The molecule has 0 atom stereocenters. The van der Waals surface area contributed by atoms with Gasteiger partial charge in [-0.05, 0) is 17.2 Å². The van der Waals surface area contributed by atoms with Crippen LogP contribution in [0.4, 0.5) is 4.79 Å². The lowest BCUT2D eigenvalue weighted by atomic mass is 9.80. The Balaban J connectivity index is 2.49. The molecule has 0 aliphatic heterocycles. The predicted molar refractivity (Wildman–Crippen MR) is 59.8 cm³/mol. The minimum atomic E-state index is -1.49. The van der Waals surface area contributed by atoms with Crippen LogP contribution in [-0.4, -0.2) is 23.3 Å². The summed E-state index contributed by atoms with van der Waals surface area (Å²) in [6.45, 7) is 3.43. The molecule has 0 bridgehead atoms. The summed E-state index contributed by atoms with van der Waals surface area (Å²) in [5.41, 5.74) is 1.14. The van der Waals surface area contributed by atoms with Gasteiger partial charge in [-0.25, -0.2) is 4.79 Å². The van der Waals surface area contributed by atoms with E-state index in [2.05, 4.69) is 11.9 Å². The van der Waals surface area contributed by atoms with Crippen LogP contribution in [0.2, 0.25) is 0 Å². The molecule has 1 amide bonds. The summed E-state index contributed by atoms with van der Waals surface area (Å²) in [6.07, 6.45) is 0.648. The third-order valence-corrected chi connectivity index (χ3v) is 1.87. The highest BCUT2D eigenvalue weighted by atomic mass is 16.5. The number of ether oxygens (including phenoxy) is 1. The van der Waals surface area contributed by atoms with Crippen LogP contribution in [-0.2, 0) is 11.3 Å². The third kappa shape index (κ3) is 3.76. The number of rotatable bonds is 4. The number of alkyl carbamates (subject to hydrolysis) is 1. The first-order valence-electron chi connectivity index (χ1n) is 4.62. The van der Waals surface area contributed by atoms with E-state index in [1.165, 1.54) is 6.20 Å². The van der Waals surface area contributed by atoms with Gasteiger partial charge in [0.05, 0.1) is 0 Å². The third-order valence-electron chi connectivity index (χ3n) is 1.87. The Morgan fingerprint density at radius 3 is 2.56 bits per heavy atom. The van der Waals surface area contributed by atoms with Crippen molar-refractivity contribution in [2.24, 2.45) is 0 Å². The van der Waals surface area contributed by atoms with Gasteiger partial charge in [0.2, 0.25) is 0 Å². The first kappa shape index (κ1) is 12.3. The van der Waals surface area contributed by atoms with Gasteiger partial charge < -0.3 is 14.8 Å². The van der Waals surface area contributed by atoms with Crippen LogP contribution in [0, 0.1) is 0 Å². The zero-order valence-electron chi connectivity index (χ0n) is 8.59. The van der Waals surface area contributed by atoms with E-state index in [9.17, 15) is 4.79 Å². The molecule has 0 saturated carbocycles. The molecule has 1 aromatic rings. The van der Waals surface area contributed by atoms with E-state index in [0.717, 1.165) is 5.56 Å². The molecular weight excluding hydrogens is 209 g/mol. The van der Waals surface area contributed by atoms with Gasteiger partial charge in [0.15, 0.2) is 0 Å². The zero-order valence-corrected chi connectivity index (χ0v) is 8.59. The molecular formula is C10H12BNO4. The van der Waals surface area contributed by atoms with Gasteiger partial charge in [0.25, 0.3) is 0 Å². The minimum absolute atomic E-state index is 0.113. The Kier molecular flexibility index (Phi) is 4.56. The summed E-state index contributed by atoms with van der Waals surface area (Å²) in [5, 5.41) is 20.0. The number of hydrogen-bond acceptors (Lipinski definition) is 4. The molecule has 0 fully saturated rings. The number of carbonyl (C=O) groups is 1. The average molecular weight is 221 g/mol. The maximum absolute atomic E-state index is 10.9. The molecule has 0 radical (unpaired) electrons. The van der Waals surface area contributed by atoms with E-state index in [-0.39, 0.29) is 6.61 Å². The molecule has 0 spiro atoms. The predicted octanol–water partition coefficient (Wildman–Crippen LogP) is -0.264. The SMILES string of the molecule is C=CNC(=O)OCc1ccc(B(O)O)cc1. The van der Waals surface area contributed by atoms with Crippen molar-refractivity contribution in [3.05, 3.63) is 42.6 Å². The molecule has 84 valence electrons. The highest BCUT2D eigenvalue weighted by molar-refractivity contribution is 6.58. The van der Waals surface area contributed by atoms with Crippen molar-refractivity contribution in [2.75, 3.05) is 0 Å². The van der Waals surface area contributed by atoms with Crippen molar-refractivity contribution in [1.82, 2.24) is 5.32 Å². The Morgan fingerprint density at radius 2 is 2.06 bits per heavy atom. The summed E-state index contributed by atoms with van der Waals surface area (Å²) in [4.78, 5) is 10.9. The highest BCUT2D eigenvalue weighted by Gasteiger charge is 2.09. The lowest BCUT2D eigenvalue weighted by Crippen LogP contribution is -2.29. The van der Waals surface area contributed by atoms with Crippen LogP contribution >= 0.6 is 0 Å². The minimum Gasteiger partial charge on any atom is -0.444 e. The molecule has 0 heterocycles. The van der Waals surface area contributed by atoms with Gasteiger partial charge in [-0.1, -0.05) is 30.8 Å². The smallest absolute Gasteiger partial charge is 0.444 e. The largest absolute Gasteiger partial charge is 0.488 e. The molecule has 1 aromatic carbocycles. The van der Waals surface area contributed by atoms with Gasteiger partial charge in [-0.15, -0.1) is 0 Å². The fourth-order valence-corrected chi connectivity index (χ4v) is 1.06. The van der Waals surface area contributed by atoms with Crippen molar-refractivity contribution >= 4 is 18.7 Å². The van der Waals surface area contributed by atoms with Crippen molar-refractivity contribution in [3.63, 3.8) is 0 Å². The van der Waals surface area contributed by atoms with Gasteiger partial charge >= 0.3 is 13.2 Å². The number of benzene rings is 1. The molecule has 0 aliphatic rings. The quantitative estimate of drug-likeness (QED) is 0.612. The van der Waals surface area contributed by atoms with Crippen molar-refractivity contribution < 1.29 is 19.6 Å². The molecule has 0 aromatic heterocycles. The standard InChI is InChI=1S/C10H12BNO4/c1-2-12-10(13)16-7-8-3-5-9(6-4-8)11(14)15/h2-6,14-15H,1,7H2,(H,12,13). The molecule has 3 N–H and O–H groups in total. The summed E-state index contributed by atoms with van der Waals surface area (Å²) in [6, 6.07) is 6.40. The van der Waals surface area contributed by atoms with Crippen molar-refractivity contribution in [1.29, 1.82) is 0 Å². The number of nitrogens with one attached hydrogen (secondary N) is 1. The molecule has 0 unspecified atom stereocenters. The Morgan fingerprint density at radius 1 is 1.44 bits per heavy atom. The lowest BCUT2D eigenvalue weighted by molar-refractivity contribution is 0.143. The van der Waals surface area contributed by atoms with E-state index in [1.807, 2.05) is 0 Å². The van der Waals surface area contributed by atoms with Crippen molar-refractivity contribution in [2.45, 2.75) is 6.61 Å². The average Bonchev–Trinajstić information content (AvgIpc) is 2.27. The van der Waals surface area contributed by atoms with Crippen LogP contribution in [0.1, 0.15) is 5.56 Å². The van der Waals surface area contributed by atoms with E-state index in [1.54, 1.807) is 24.3 Å². The monoisotopic (exact) mass is 221 g/mol.